The molecular formula is C11H14FN3O2. The Morgan fingerprint density at radius 2 is 2.00 bits per heavy atom. The second-order valence-electron chi connectivity index (χ2n) is 3.77. The molecule has 1 aromatic carbocycles. The van der Waals surface area contributed by atoms with Crippen LogP contribution in [0.5, 0.6) is 0 Å². The van der Waals surface area contributed by atoms with Gasteiger partial charge in [0.2, 0.25) is 11.8 Å². The number of nitrogens with two attached hydrogens (primary N) is 2. The molecule has 5 nitrogen and oxygen atoms in total. The number of nitrogens with one attached hydrogen (secondary N) is 1. The molecule has 1 rings (SSSR count). The van der Waals surface area contributed by atoms with Crippen LogP contribution in [0.1, 0.15) is 22.8 Å². The summed E-state index contributed by atoms with van der Waals surface area (Å²) >= 11 is 0. The number of halogens is 1. The zero-order valence-electron chi connectivity index (χ0n) is 9.58. The van der Waals surface area contributed by atoms with Crippen LogP contribution in [0.2, 0.25) is 0 Å². The molecule has 0 radical (unpaired) electrons. The zero-order chi connectivity index (χ0) is 13.2. The highest BCUT2D eigenvalue weighted by Crippen LogP contribution is 2.20. The highest BCUT2D eigenvalue weighted by Gasteiger charge is 2.14. The molecule has 0 saturated carbocycles. The van der Waals surface area contributed by atoms with Gasteiger partial charge in [0.15, 0.2) is 0 Å². The second kappa shape index (κ2) is 4.92. The molecule has 17 heavy (non-hydrogen) atoms. The van der Waals surface area contributed by atoms with E-state index >= 15 is 0 Å². The topological polar surface area (TPSA) is 98.2 Å². The second-order valence-corrected chi connectivity index (χ2v) is 3.77. The molecule has 0 unspecified atom stereocenters. The number of hydrogen-bond donors (Lipinski definition) is 3. The van der Waals surface area contributed by atoms with Gasteiger partial charge in [0, 0.05) is 16.8 Å². The van der Waals surface area contributed by atoms with Gasteiger partial charge in [-0.05, 0) is 26.0 Å². The summed E-state index contributed by atoms with van der Waals surface area (Å²) in [5, 5.41) is 2.43. The molecule has 0 aliphatic heterocycles. The van der Waals surface area contributed by atoms with Crippen LogP contribution in [0, 0.1) is 12.7 Å². The first-order valence-electron chi connectivity index (χ1n) is 4.99. The summed E-state index contributed by atoms with van der Waals surface area (Å²) in [5.41, 5.74) is 10.8. The molecule has 5 N–H and O–H groups in total. The Balaban J connectivity index is 3.14. The van der Waals surface area contributed by atoms with Gasteiger partial charge < -0.3 is 16.8 Å². The Labute approximate surface area is 98.0 Å². The van der Waals surface area contributed by atoms with Crippen molar-refractivity contribution in [3.63, 3.8) is 0 Å². The van der Waals surface area contributed by atoms with E-state index in [-0.39, 0.29) is 16.8 Å². The van der Waals surface area contributed by atoms with Crippen molar-refractivity contribution in [2.45, 2.75) is 19.9 Å². The van der Waals surface area contributed by atoms with Crippen molar-refractivity contribution in [2.75, 3.05) is 5.32 Å². The van der Waals surface area contributed by atoms with E-state index in [1.54, 1.807) is 0 Å². The Bertz CT molecular complexity index is 472. The van der Waals surface area contributed by atoms with Crippen molar-refractivity contribution in [3.8, 4) is 0 Å². The number of hydrogen-bond acceptors (Lipinski definition) is 3. The van der Waals surface area contributed by atoms with Gasteiger partial charge >= 0.3 is 0 Å². The van der Waals surface area contributed by atoms with Crippen molar-refractivity contribution in [1.29, 1.82) is 0 Å². The molecule has 6 heteroatoms. The van der Waals surface area contributed by atoms with Gasteiger partial charge in [-0.15, -0.1) is 0 Å². The molecule has 2 amide bonds. The third-order valence-electron chi connectivity index (χ3n) is 2.30. The molecule has 1 atom stereocenters. The maximum Gasteiger partial charge on any atom is 0.248 e. The standard InChI is InChI=1S/C11H14FN3O2/c1-5-8(12)3-7(10(14)16)4-9(5)15-11(17)6(2)13/h3-4,6H,13H2,1-2H3,(H2,14,16)(H,15,17)/t6-/m0/s1. The van der Waals surface area contributed by atoms with E-state index < -0.39 is 23.7 Å². The van der Waals surface area contributed by atoms with Crippen LogP contribution >= 0.6 is 0 Å². The van der Waals surface area contributed by atoms with Gasteiger partial charge in [-0.25, -0.2) is 4.39 Å². The number of benzene rings is 1. The molecule has 0 saturated heterocycles. The largest absolute Gasteiger partial charge is 0.366 e. The average molecular weight is 239 g/mol. The summed E-state index contributed by atoms with van der Waals surface area (Å²) in [6.07, 6.45) is 0. The van der Waals surface area contributed by atoms with Crippen LogP contribution in [0.25, 0.3) is 0 Å². The third kappa shape index (κ3) is 3.01. The number of primary amides is 1. The first-order chi connectivity index (χ1) is 7.82. The molecule has 0 bridgehead atoms. The van der Waals surface area contributed by atoms with Crippen molar-refractivity contribution in [2.24, 2.45) is 11.5 Å². The number of carbonyl (C=O) groups excluding carboxylic acids is 2. The number of carbonyl (C=O) groups is 2. The lowest BCUT2D eigenvalue weighted by atomic mass is 10.1. The maximum atomic E-state index is 13.5. The fourth-order valence-corrected chi connectivity index (χ4v) is 1.20. The van der Waals surface area contributed by atoms with E-state index in [0.717, 1.165) is 6.07 Å². The van der Waals surface area contributed by atoms with Crippen LogP contribution in [0.15, 0.2) is 12.1 Å². The Hall–Kier alpha value is -1.95. The number of rotatable bonds is 3. The summed E-state index contributed by atoms with van der Waals surface area (Å²) in [5.74, 6) is -1.84. The maximum absolute atomic E-state index is 13.5. The summed E-state index contributed by atoms with van der Waals surface area (Å²) in [6, 6.07) is 1.62. The zero-order valence-corrected chi connectivity index (χ0v) is 9.58. The van der Waals surface area contributed by atoms with Crippen LogP contribution in [-0.2, 0) is 4.79 Å². The molecule has 0 fully saturated rings. The summed E-state index contributed by atoms with van der Waals surface area (Å²) in [7, 11) is 0. The van der Waals surface area contributed by atoms with Crippen LogP contribution < -0.4 is 16.8 Å². The number of amides is 2. The lowest BCUT2D eigenvalue weighted by Gasteiger charge is -2.12. The normalized spacial score (nSPS) is 12.0. The van der Waals surface area contributed by atoms with Crippen molar-refractivity contribution < 1.29 is 14.0 Å². The highest BCUT2D eigenvalue weighted by molar-refractivity contribution is 5.98. The van der Waals surface area contributed by atoms with E-state index in [1.807, 2.05) is 0 Å². The molecular weight excluding hydrogens is 225 g/mol. The molecule has 0 aromatic heterocycles. The highest BCUT2D eigenvalue weighted by atomic mass is 19.1. The summed E-state index contributed by atoms with van der Waals surface area (Å²) < 4.78 is 13.5. The third-order valence-corrected chi connectivity index (χ3v) is 2.30. The van der Waals surface area contributed by atoms with E-state index in [4.69, 9.17) is 11.5 Å². The summed E-state index contributed by atoms with van der Waals surface area (Å²) in [4.78, 5) is 22.3. The van der Waals surface area contributed by atoms with E-state index in [9.17, 15) is 14.0 Å². The Morgan fingerprint density at radius 3 is 2.47 bits per heavy atom. The van der Waals surface area contributed by atoms with Gasteiger partial charge in [0.25, 0.3) is 0 Å². The smallest absolute Gasteiger partial charge is 0.248 e. The quantitative estimate of drug-likeness (QED) is 0.717. The van der Waals surface area contributed by atoms with Crippen molar-refractivity contribution in [1.82, 2.24) is 0 Å². The Morgan fingerprint density at radius 1 is 1.41 bits per heavy atom. The molecule has 0 spiro atoms. The molecule has 1 aromatic rings. The van der Waals surface area contributed by atoms with Crippen LogP contribution in [0.4, 0.5) is 10.1 Å². The predicted octanol–water partition coefficient (Wildman–Crippen LogP) is 0.519. The van der Waals surface area contributed by atoms with E-state index in [0.29, 0.717) is 0 Å². The van der Waals surface area contributed by atoms with Gasteiger partial charge in [-0.3, -0.25) is 9.59 Å². The molecule has 92 valence electrons. The fraction of sp³-hybridized carbons (Fsp3) is 0.273. The minimum absolute atomic E-state index is 0.00641. The summed E-state index contributed by atoms with van der Waals surface area (Å²) in [6.45, 7) is 2.98. The molecule has 0 aliphatic carbocycles. The lowest BCUT2D eigenvalue weighted by Crippen LogP contribution is -2.32. The first kappa shape index (κ1) is 13.1. The van der Waals surface area contributed by atoms with Crippen molar-refractivity contribution in [3.05, 3.63) is 29.1 Å². The van der Waals surface area contributed by atoms with Crippen molar-refractivity contribution >= 4 is 17.5 Å². The lowest BCUT2D eigenvalue weighted by molar-refractivity contribution is -0.117. The first-order valence-corrected chi connectivity index (χ1v) is 4.99. The average Bonchev–Trinajstić information content (AvgIpc) is 2.23. The van der Waals surface area contributed by atoms with Crippen LogP contribution in [-0.4, -0.2) is 17.9 Å². The minimum Gasteiger partial charge on any atom is -0.366 e. The number of anilines is 1. The minimum atomic E-state index is -0.764. The predicted molar refractivity (Wildman–Crippen MR) is 61.9 cm³/mol. The SMILES string of the molecule is Cc1c(F)cc(C(N)=O)cc1NC(=O)[C@H](C)N. The fourth-order valence-electron chi connectivity index (χ4n) is 1.20. The molecule has 0 heterocycles. The van der Waals surface area contributed by atoms with Gasteiger partial charge in [-0.1, -0.05) is 0 Å². The Kier molecular flexibility index (Phi) is 3.80. The van der Waals surface area contributed by atoms with Gasteiger partial charge in [0.1, 0.15) is 5.82 Å². The monoisotopic (exact) mass is 239 g/mol. The van der Waals surface area contributed by atoms with Crippen LogP contribution in [0.3, 0.4) is 0 Å². The van der Waals surface area contributed by atoms with E-state index in [1.165, 1.54) is 19.9 Å². The molecule has 0 aliphatic rings. The van der Waals surface area contributed by atoms with Gasteiger partial charge in [-0.2, -0.15) is 0 Å². The van der Waals surface area contributed by atoms with E-state index in [2.05, 4.69) is 5.32 Å². The van der Waals surface area contributed by atoms with Gasteiger partial charge in [0.05, 0.1) is 6.04 Å².